The van der Waals surface area contributed by atoms with Gasteiger partial charge in [0.05, 0.1) is 6.61 Å². The van der Waals surface area contributed by atoms with Gasteiger partial charge >= 0.3 is 19.8 Å². The first kappa shape index (κ1) is 62.1. The van der Waals surface area contributed by atoms with Crippen molar-refractivity contribution < 1.29 is 63.1 Å². The quantitative estimate of drug-likeness (QED) is 0.0145. The van der Waals surface area contributed by atoms with Crippen LogP contribution in [0.4, 0.5) is 0 Å². The molecule has 0 heterocycles. The Bertz CT molecular complexity index is 1290. The molecule has 0 spiro atoms. The average molecular weight is 959 g/mol. The molecule has 1 fully saturated rings. The van der Waals surface area contributed by atoms with E-state index >= 15 is 0 Å². The van der Waals surface area contributed by atoms with Crippen LogP contribution < -0.4 is 0 Å². The van der Waals surface area contributed by atoms with Gasteiger partial charge in [0.2, 0.25) is 0 Å². The van der Waals surface area contributed by atoms with Crippen molar-refractivity contribution >= 4 is 19.8 Å². The average Bonchev–Trinajstić information content (AvgIpc) is 3.30. The maximum atomic E-state index is 12.8. The summed E-state index contributed by atoms with van der Waals surface area (Å²) in [5.41, 5.74) is 0. The first-order valence-corrected chi connectivity index (χ1v) is 27.8. The standard InChI is InChI=1S/C52H95O13P/c1-3-5-7-9-11-13-15-17-18-19-20-21-22-23-24-25-26-27-29-30-32-34-36-38-40-45(53)62-42-44(43-63-66(60,61)65-52-50(58)48(56)47(55)49(57)51(52)59)64-46(54)41-39-37-35-33-31-28-16-14-12-10-8-6-4-2/h6,8,12,14,28,31,44,47-52,55-59H,3-5,7,9-11,13,15-27,29-30,32-43H2,1-2H3,(H,60,61)/b8-6-,14-12-,31-28-. The maximum absolute atomic E-state index is 12.8. The summed E-state index contributed by atoms with van der Waals surface area (Å²) in [4.78, 5) is 35.8. The number of hydrogen-bond acceptors (Lipinski definition) is 12. The van der Waals surface area contributed by atoms with Crippen LogP contribution in [0.1, 0.15) is 226 Å². The van der Waals surface area contributed by atoms with Crippen LogP contribution in [0.5, 0.6) is 0 Å². The predicted molar refractivity (Wildman–Crippen MR) is 263 cm³/mol. The minimum Gasteiger partial charge on any atom is -0.462 e. The van der Waals surface area contributed by atoms with Crippen LogP contribution in [-0.4, -0.2) is 98.3 Å². The zero-order valence-corrected chi connectivity index (χ0v) is 42.1. The number of phosphoric ester groups is 1. The Balaban J connectivity index is 2.32. The first-order chi connectivity index (χ1) is 31.9. The Morgan fingerprint density at radius 3 is 1.32 bits per heavy atom. The topological polar surface area (TPSA) is 210 Å². The molecule has 14 heteroatoms. The van der Waals surface area contributed by atoms with Gasteiger partial charge in [-0.15, -0.1) is 0 Å². The summed E-state index contributed by atoms with van der Waals surface area (Å²) in [6, 6.07) is 0. The van der Waals surface area contributed by atoms with Crippen molar-refractivity contribution in [3.63, 3.8) is 0 Å². The van der Waals surface area contributed by atoms with Crippen LogP contribution in [0.25, 0.3) is 0 Å². The number of allylic oxidation sites excluding steroid dienone is 6. The van der Waals surface area contributed by atoms with E-state index in [-0.39, 0.29) is 12.8 Å². The number of aliphatic hydroxyl groups is 5. The first-order valence-electron chi connectivity index (χ1n) is 26.3. The van der Waals surface area contributed by atoms with E-state index in [4.69, 9.17) is 18.5 Å². The Hall–Kier alpha value is -1.93. The lowest BCUT2D eigenvalue weighted by atomic mass is 9.85. The van der Waals surface area contributed by atoms with Crippen LogP contribution in [0.3, 0.4) is 0 Å². The van der Waals surface area contributed by atoms with Crippen LogP contribution in [0.2, 0.25) is 0 Å². The van der Waals surface area contributed by atoms with E-state index in [1.165, 1.54) is 128 Å². The van der Waals surface area contributed by atoms with Gasteiger partial charge in [0.1, 0.15) is 43.2 Å². The minimum absolute atomic E-state index is 0.0631. The second kappa shape index (κ2) is 42.0. The van der Waals surface area contributed by atoms with E-state index in [1.54, 1.807) is 0 Å². The number of unbranched alkanes of at least 4 members (excludes halogenated alkanes) is 26. The molecule has 0 bridgehead atoms. The summed E-state index contributed by atoms with van der Waals surface area (Å²) in [5.74, 6) is -1.13. The second-order valence-electron chi connectivity index (χ2n) is 18.4. The van der Waals surface area contributed by atoms with Crippen molar-refractivity contribution in [2.45, 2.75) is 268 Å². The van der Waals surface area contributed by atoms with Gasteiger partial charge in [-0.1, -0.05) is 204 Å². The largest absolute Gasteiger partial charge is 0.472 e. The number of aliphatic hydroxyl groups excluding tert-OH is 5. The molecule has 1 rings (SSSR count). The van der Waals surface area contributed by atoms with E-state index in [1.807, 2.05) is 0 Å². The summed E-state index contributed by atoms with van der Waals surface area (Å²) in [5, 5.41) is 50.2. The number of hydrogen-bond donors (Lipinski definition) is 6. The van der Waals surface area contributed by atoms with Crippen molar-refractivity contribution in [2.24, 2.45) is 0 Å². The van der Waals surface area contributed by atoms with Crippen LogP contribution >= 0.6 is 7.82 Å². The number of carbonyl (C=O) groups excluding carboxylic acids is 2. The Morgan fingerprint density at radius 2 is 0.864 bits per heavy atom. The minimum atomic E-state index is -5.13. The Morgan fingerprint density at radius 1 is 0.485 bits per heavy atom. The van der Waals surface area contributed by atoms with Gasteiger partial charge in [0.25, 0.3) is 0 Å². The molecule has 386 valence electrons. The second-order valence-corrected chi connectivity index (χ2v) is 19.8. The molecule has 6 N–H and O–H groups in total. The molecule has 1 saturated carbocycles. The summed E-state index contributed by atoms with van der Waals surface area (Å²) >= 11 is 0. The lowest BCUT2D eigenvalue weighted by molar-refractivity contribution is -0.220. The number of esters is 2. The van der Waals surface area contributed by atoms with Crippen LogP contribution in [0.15, 0.2) is 36.5 Å². The molecular formula is C52H95O13P. The third-order valence-electron chi connectivity index (χ3n) is 12.2. The van der Waals surface area contributed by atoms with Gasteiger partial charge in [0.15, 0.2) is 6.10 Å². The molecule has 6 unspecified atom stereocenters. The Labute approximate surface area is 399 Å². The number of phosphoric acid groups is 1. The van der Waals surface area contributed by atoms with E-state index in [9.17, 15) is 44.6 Å². The molecule has 1 aliphatic rings. The monoisotopic (exact) mass is 959 g/mol. The number of rotatable bonds is 44. The van der Waals surface area contributed by atoms with E-state index in [2.05, 4.69) is 50.3 Å². The van der Waals surface area contributed by atoms with Crippen molar-refractivity contribution in [1.82, 2.24) is 0 Å². The fourth-order valence-corrected chi connectivity index (χ4v) is 9.04. The van der Waals surface area contributed by atoms with Gasteiger partial charge in [-0.25, -0.2) is 4.57 Å². The highest BCUT2D eigenvalue weighted by Gasteiger charge is 2.51. The van der Waals surface area contributed by atoms with Gasteiger partial charge in [-0.2, -0.15) is 0 Å². The summed E-state index contributed by atoms with van der Waals surface area (Å²) in [6.07, 6.45) is 36.5. The van der Waals surface area contributed by atoms with Gasteiger partial charge in [-0.05, 0) is 44.9 Å². The number of ether oxygens (including phenoxy) is 2. The smallest absolute Gasteiger partial charge is 0.462 e. The summed E-state index contributed by atoms with van der Waals surface area (Å²) < 4.78 is 33.6. The molecule has 0 radical (unpaired) electrons. The van der Waals surface area contributed by atoms with Gasteiger partial charge in [-0.3, -0.25) is 18.6 Å². The lowest BCUT2D eigenvalue weighted by Gasteiger charge is -2.41. The number of carbonyl (C=O) groups is 2. The summed E-state index contributed by atoms with van der Waals surface area (Å²) in [6.45, 7) is 3.19. The molecule has 1 aliphatic carbocycles. The molecule has 0 aliphatic heterocycles. The Kier molecular flexibility index (Phi) is 39.5. The highest BCUT2D eigenvalue weighted by molar-refractivity contribution is 7.47. The van der Waals surface area contributed by atoms with Gasteiger partial charge < -0.3 is 39.9 Å². The highest BCUT2D eigenvalue weighted by Crippen LogP contribution is 2.47. The highest BCUT2D eigenvalue weighted by atomic mass is 31.2. The molecule has 0 saturated heterocycles. The maximum Gasteiger partial charge on any atom is 0.472 e. The molecule has 66 heavy (non-hydrogen) atoms. The van der Waals surface area contributed by atoms with E-state index in [0.29, 0.717) is 12.8 Å². The van der Waals surface area contributed by atoms with Crippen molar-refractivity contribution in [1.29, 1.82) is 0 Å². The van der Waals surface area contributed by atoms with Gasteiger partial charge in [0, 0.05) is 12.8 Å². The molecule has 6 atom stereocenters. The van der Waals surface area contributed by atoms with E-state index < -0.39 is 75.7 Å². The van der Waals surface area contributed by atoms with Crippen molar-refractivity contribution in [3.05, 3.63) is 36.5 Å². The zero-order chi connectivity index (χ0) is 48.5. The third-order valence-corrected chi connectivity index (χ3v) is 13.2. The van der Waals surface area contributed by atoms with Crippen molar-refractivity contribution in [3.8, 4) is 0 Å². The molecule has 13 nitrogen and oxygen atoms in total. The summed E-state index contributed by atoms with van der Waals surface area (Å²) in [7, 11) is -5.13. The molecular weight excluding hydrogens is 864 g/mol. The molecule has 0 aromatic carbocycles. The SMILES string of the molecule is CC/C=C\C/C=C\C/C=C\CCCCCC(=O)OC(COC(=O)CCCCCCCCCCCCCCCCCCCCCCCCCC)COP(=O)(O)OC1C(O)C(O)C(O)C(O)C1O. The molecule has 0 amide bonds. The fourth-order valence-electron chi connectivity index (χ4n) is 8.07. The molecule has 0 aromatic heterocycles. The lowest BCUT2D eigenvalue weighted by Crippen LogP contribution is -2.64. The van der Waals surface area contributed by atoms with Crippen LogP contribution in [-0.2, 0) is 32.7 Å². The predicted octanol–water partition coefficient (Wildman–Crippen LogP) is 11.3. The normalized spacial score (nSPS) is 21.5. The fraction of sp³-hybridized carbons (Fsp3) is 0.846. The third kappa shape index (κ3) is 33.5. The van der Waals surface area contributed by atoms with Crippen molar-refractivity contribution in [2.75, 3.05) is 13.2 Å². The molecule has 0 aromatic rings. The van der Waals surface area contributed by atoms with E-state index in [0.717, 1.165) is 57.8 Å². The zero-order valence-electron chi connectivity index (χ0n) is 41.2. The van der Waals surface area contributed by atoms with Crippen LogP contribution in [0, 0.1) is 0 Å².